The number of nitrogens with zero attached hydrogens (tertiary/aromatic N) is 3. The first kappa shape index (κ1) is 16.3. The SMILES string of the molecule is C[C@@H]1CN(C(=O)Cn2c(=O)n(C)c3ccccc32)CC(C(=O)O)O1. The lowest BCUT2D eigenvalue weighted by molar-refractivity contribution is -0.166. The lowest BCUT2D eigenvalue weighted by Gasteiger charge is -2.35. The van der Waals surface area contributed by atoms with Crippen molar-refractivity contribution in [3.8, 4) is 0 Å². The Morgan fingerprint density at radius 2 is 1.92 bits per heavy atom. The van der Waals surface area contributed by atoms with Gasteiger partial charge >= 0.3 is 11.7 Å². The van der Waals surface area contributed by atoms with Crippen molar-refractivity contribution in [2.24, 2.45) is 7.05 Å². The molecule has 0 radical (unpaired) electrons. The number of aliphatic carboxylic acids is 1. The molecule has 1 unspecified atom stereocenters. The summed E-state index contributed by atoms with van der Waals surface area (Å²) in [6, 6.07) is 7.23. The van der Waals surface area contributed by atoms with E-state index in [1.807, 2.05) is 12.1 Å². The Balaban J connectivity index is 1.86. The molecule has 3 rings (SSSR count). The monoisotopic (exact) mass is 333 g/mol. The molecule has 0 bridgehead atoms. The summed E-state index contributed by atoms with van der Waals surface area (Å²) in [5, 5.41) is 9.11. The molecule has 1 aromatic heterocycles. The fourth-order valence-electron chi connectivity index (χ4n) is 3.04. The number of carboxylic acids is 1. The maximum Gasteiger partial charge on any atom is 0.334 e. The third kappa shape index (κ3) is 2.80. The molecule has 128 valence electrons. The van der Waals surface area contributed by atoms with Crippen LogP contribution in [0.2, 0.25) is 0 Å². The second-order valence-electron chi connectivity index (χ2n) is 5.99. The van der Waals surface area contributed by atoms with Crippen molar-refractivity contribution in [1.82, 2.24) is 14.0 Å². The van der Waals surface area contributed by atoms with Gasteiger partial charge in [0.25, 0.3) is 0 Å². The highest BCUT2D eigenvalue weighted by atomic mass is 16.5. The molecular formula is C16H19N3O5. The number of ether oxygens (including phenoxy) is 1. The largest absolute Gasteiger partial charge is 0.479 e. The van der Waals surface area contributed by atoms with Crippen LogP contribution in [0.3, 0.4) is 0 Å². The van der Waals surface area contributed by atoms with Crippen LogP contribution in [0.1, 0.15) is 6.92 Å². The summed E-state index contributed by atoms with van der Waals surface area (Å²) in [4.78, 5) is 37.6. The molecule has 1 N–H and O–H groups in total. The Hall–Kier alpha value is -2.61. The van der Waals surface area contributed by atoms with E-state index in [9.17, 15) is 14.4 Å². The van der Waals surface area contributed by atoms with Crippen LogP contribution in [0, 0.1) is 0 Å². The number of hydrogen-bond acceptors (Lipinski definition) is 4. The molecule has 0 saturated carbocycles. The lowest BCUT2D eigenvalue weighted by Crippen LogP contribution is -2.52. The number of benzene rings is 1. The summed E-state index contributed by atoms with van der Waals surface area (Å²) in [6.45, 7) is 1.89. The van der Waals surface area contributed by atoms with E-state index in [1.54, 1.807) is 26.1 Å². The van der Waals surface area contributed by atoms with Crippen molar-refractivity contribution >= 4 is 22.9 Å². The van der Waals surface area contributed by atoms with Gasteiger partial charge in [0.15, 0.2) is 6.10 Å². The molecule has 2 atom stereocenters. The van der Waals surface area contributed by atoms with Gasteiger partial charge in [-0.05, 0) is 19.1 Å². The number of carboxylic acid groups (broad SMARTS) is 1. The van der Waals surface area contributed by atoms with E-state index in [-0.39, 0.29) is 30.8 Å². The van der Waals surface area contributed by atoms with E-state index in [0.717, 1.165) is 5.52 Å². The van der Waals surface area contributed by atoms with Gasteiger partial charge in [-0.25, -0.2) is 9.59 Å². The number of aryl methyl sites for hydroxylation is 1. The summed E-state index contributed by atoms with van der Waals surface area (Å²) in [5.74, 6) is -1.39. The fraction of sp³-hybridized carbons (Fsp3) is 0.438. The molecule has 0 aliphatic carbocycles. The molecule has 1 saturated heterocycles. The zero-order valence-corrected chi connectivity index (χ0v) is 13.5. The molecular weight excluding hydrogens is 314 g/mol. The second-order valence-corrected chi connectivity index (χ2v) is 5.99. The molecule has 0 spiro atoms. The number of imidazole rings is 1. The summed E-state index contributed by atoms with van der Waals surface area (Å²) < 4.78 is 8.21. The molecule has 8 heteroatoms. The van der Waals surface area contributed by atoms with E-state index in [0.29, 0.717) is 12.1 Å². The molecule has 24 heavy (non-hydrogen) atoms. The average Bonchev–Trinajstić information content (AvgIpc) is 2.79. The van der Waals surface area contributed by atoms with Crippen LogP contribution >= 0.6 is 0 Å². The van der Waals surface area contributed by atoms with Gasteiger partial charge in [0.1, 0.15) is 6.54 Å². The zero-order valence-electron chi connectivity index (χ0n) is 13.5. The fourth-order valence-corrected chi connectivity index (χ4v) is 3.04. The zero-order chi connectivity index (χ0) is 17.4. The number of morpholine rings is 1. The van der Waals surface area contributed by atoms with Crippen LogP contribution in [0.5, 0.6) is 0 Å². The Labute approximate surface area is 137 Å². The highest BCUT2D eigenvalue weighted by molar-refractivity contribution is 5.82. The van der Waals surface area contributed by atoms with Crippen molar-refractivity contribution < 1.29 is 19.4 Å². The first-order valence-corrected chi connectivity index (χ1v) is 7.68. The number of hydrogen-bond donors (Lipinski definition) is 1. The third-order valence-electron chi connectivity index (χ3n) is 4.23. The number of carbonyl (C=O) groups excluding carboxylic acids is 1. The highest BCUT2D eigenvalue weighted by Gasteiger charge is 2.32. The van der Waals surface area contributed by atoms with Crippen molar-refractivity contribution in [2.45, 2.75) is 25.7 Å². The van der Waals surface area contributed by atoms with Crippen molar-refractivity contribution in [1.29, 1.82) is 0 Å². The maximum absolute atomic E-state index is 12.6. The topological polar surface area (TPSA) is 93.8 Å². The van der Waals surface area contributed by atoms with Crippen LogP contribution < -0.4 is 5.69 Å². The van der Waals surface area contributed by atoms with Gasteiger partial charge in [-0.2, -0.15) is 0 Å². The van der Waals surface area contributed by atoms with Gasteiger partial charge < -0.3 is 14.7 Å². The Morgan fingerprint density at radius 3 is 2.58 bits per heavy atom. The standard InChI is InChI=1S/C16H19N3O5/c1-10-7-18(8-13(24-10)15(21)22)14(20)9-19-12-6-4-3-5-11(12)17(2)16(19)23/h3-6,10,13H,7-9H2,1-2H3,(H,21,22)/t10-,13?/m1/s1. The quantitative estimate of drug-likeness (QED) is 0.856. The first-order valence-electron chi connectivity index (χ1n) is 7.68. The minimum absolute atomic E-state index is 0.0158. The predicted octanol–water partition coefficient (Wildman–Crippen LogP) is 0.0405. The minimum atomic E-state index is -1.10. The molecule has 1 amide bonds. The van der Waals surface area contributed by atoms with Gasteiger partial charge in [-0.1, -0.05) is 12.1 Å². The number of aromatic nitrogens is 2. The third-order valence-corrected chi connectivity index (χ3v) is 4.23. The van der Waals surface area contributed by atoms with E-state index >= 15 is 0 Å². The molecule has 2 heterocycles. The van der Waals surface area contributed by atoms with Crippen LogP contribution in [-0.4, -0.2) is 56.3 Å². The minimum Gasteiger partial charge on any atom is -0.479 e. The van der Waals surface area contributed by atoms with E-state index < -0.39 is 12.1 Å². The van der Waals surface area contributed by atoms with Gasteiger partial charge in [0.2, 0.25) is 5.91 Å². The Kier molecular flexibility index (Phi) is 4.15. The van der Waals surface area contributed by atoms with Crippen LogP contribution in [0.25, 0.3) is 11.0 Å². The highest BCUT2D eigenvalue weighted by Crippen LogP contribution is 2.14. The van der Waals surface area contributed by atoms with Gasteiger partial charge in [-0.3, -0.25) is 13.9 Å². The smallest absolute Gasteiger partial charge is 0.334 e. The molecule has 1 aliphatic rings. The van der Waals surface area contributed by atoms with E-state index in [2.05, 4.69) is 0 Å². The molecule has 1 aromatic carbocycles. The number of fused-ring (bicyclic) bond motifs is 1. The summed E-state index contributed by atoms with van der Waals surface area (Å²) in [7, 11) is 1.66. The van der Waals surface area contributed by atoms with Gasteiger partial charge in [-0.15, -0.1) is 0 Å². The first-order chi connectivity index (χ1) is 11.4. The van der Waals surface area contributed by atoms with Crippen molar-refractivity contribution in [3.05, 3.63) is 34.7 Å². The number of carbonyl (C=O) groups is 2. The average molecular weight is 333 g/mol. The second kappa shape index (κ2) is 6.12. The molecule has 8 nitrogen and oxygen atoms in total. The normalized spacial score (nSPS) is 21.2. The molecule has 1 aliphatic heterocycles. The van der Waals surface area contributed by atoms with Crippen LogP contribution in [-0.2, 0) is 27.9 Å². The van der Waals surface area contributed by atoms with Crippen LogP contribution in [0.4, 0.5) is 0 Å². The van der Waals surface area contributed by atoms with Gasteiger partial charge in [0.05, 0.1) is 23.7 Å². The Bertz CT molecular complexity index is 853. The van der Waals surface area contributed by atoms with E-state index in [1.165, 1.54) is 14.0 Å². The van der Waals surface area contributed by atoms with Crippen molar-refractivity contribution in [2.75, 3.05) is 13.1 Å². The van der Waals surface area contributed by atoms with E-state index in [4.69, 9.17) is 9.84 Å². The van der Waals surface area contributed by atoms with Gasteiger partial charge in [0, 0.05) is 13.6 Å². The molecule has 1 fully saturated rings. The number of amides is 1. The number of rotatable bonds is 3. The van der Waals surface area contributed by atoms with Crippen molar-refractivity contribution in [3.63, 3.8) is 0 Å². The molecule has 2 aromatic rings. The Morgan fingerprint density at radius 1 is 1.25 bits per heavy atom. The van der Waals surface area contributed by atoms with Crippen LogP contribution in [0.15, 0.2) is 29.1 Å². The number of para-hydroxylation sites is 2. The summed E-state index contributed by atoms with van der Waals surface area (Å²) in [5.41, 5.74) is 1.14. The summed E-state index contributed by atoms with van der Waals surface area (Å²) >= 11 is 0. The maximum atomic E-state index is 12.6. The lowest BCUT2D eigenvalue weighted by atomic mass is 10.2. The summed E-state index contributed by atoms with van der Waals surface area (Å²) in [6.07, 6.45) is -1.41. The predicted molar refractivity (Wildman–Crippen MR) is 85.7 cm³/mol.